The first-order valence-corrected chi connectivity index (χ1v) is 5.73. The van der Waals surface area contributed by atoms with Gasteiger partial charge in [-0.1, -0.05) is 32.1 Å². The Morgan fingerprint density at radius 2 is 0.900 bits per heavy atom. The molecule has 60 valence electrons. The minimum atomic E-state index is 1.42. The minimum absolute atomic E-state index is 1.42. The first-order chi connectivity index (χ1) is 5.00. The second-order valence-corrected chi connectivity index (χ2v) is 4.31. The molecule has 0 aromatic heterocycles. The third kappa shape index (κ3) is 4.21. The highest BCUT2D eigenvalue weighted by Crippen LogP contribution is 2.15. The Hall–Kier alpha value is 0.350. The van der Waals surface area contributed by atoms with Gasteiger partial charge in [0.2, 0.25) is 0 Å². The topological polar surface area (TPSA) is 0 Å². The summed E-state index contributed by atoms with van der Waals surface area (Å²) in [6.45, 7) is 0. The van der Waals surface area contributed by atoms with Gasteiger partial charge in [-0.05, 0) is 24.3 Å². The Labute approximate surface area is 68.8 Å². The van der Waals surface area contributed by atoms with Gasteiger partial charge in [-0.25, -0.2) is 0 Å². The van der Waals surface area contributed by atoms with Crippen LogP contribution in [-0.4, -0.2) is 11.5 Å². The van der Waals surface area contributed by atoms with Gasteiger partial charge in [-0.15, -0.1) is 0 Å². The van der Waals surface area contributed by atoms with Gasteiger partial charge < -0.3 is 0 Å². The minimum Gasteiger partial charge on any atom is -0.162 e. The molecule has 0 aromatic rings. The van der Waals surface area contributed by atoms with E-state index in [1.807, 2.05) is 0 Å². The summed E-state index contributed by atoms with van der Waals surface area (Å²) in [4.78, 5) is 0. The highest BCUT2D eigenvalue weighted by molar-refractivity contribution is 7.99. The van der Waals surface area contributed by atoms with Crippen molar-refractivity contribution in [2.45, 2.75) is 44.9 Å². The lowest BCUT2D eigenvalue weighted by Gasteiger charge is -2.05. The van der Waals surface area contributed by atoms with Crippen LogP contribution >= 0.6 is 11.8 Å². The van der Waals surface area contributed by atoms with Crippen molar-refractivity contribution in [3.63, 3.8) is 0 Å². The van der Waals surface area contributed by atoms with Crippen molar-refractivity contribution >= 4 is 11.8 Å². The summed E-state index contributed by atoms with van der Waals surface area (Å²) in [6.07, 6.45) is 10.3. The predicted molar refractivity (Wildman–Crippen MR) is 49.6 cm³/mol. The van der Waals surface area contributed by atoms with Crippen LogP contribution in [0.4, 0.5) is 0 Å². The van der Waals surface area contributed by atoms with E-state index in [1.54, 1.807) is 0 Å². The second kappa shape index (κ2) is 6.09. The Kier molecular flexibility index (Phi) is 5.14. The van der Waals surface area contributed by atoms with E-state index >= 15 is 0 Å². The zero-order chi connectivity index (χ0) is 7.07. The third-order valence-electron chi connectivity index (χ3n) is 2.08. The Bertz CT molecular complexity index is 37.9. The summed E-state index contributed by atoms with van der Waals surface area (Å²) in [7, 11) is 0. The maximum Gasteiger partial charge on any atom is -0.00675 e. The number of hydrogen-bond donors (Lipinski definition) is 0. The van der Waals surface area contributed by atoms with Crippen LogP contribution in [0.5, 0.6) is 0 Å². The molecule has 0 bridgehead atoms. The van der Waals surface area contributed by atoms with Gasteiger partial charge in [-0.3, -0.25) is 0 Å². The van der Waals surface area contributed by atoms with Gasteiger partial charge in [0.25, 0.3) is 0 Å². The molecule has 0 amide bonds. The molecule has 1 aliphatic heterocycles. The zero-order valence-electron chi connectivity index (χ0n) is 6.77. The second-order valence-electron chi connectivity index (χ2n) is 3.09. The fourth-order valence-corrected chi connectivity index (χ4v) is 2.41. The molecule has 0 N–H and O–H groups in total. The normalized spacial score (nSPS) is 24.0. The van der Waals surface area contributed by atoms with Crippen LogP contribution in [-0.2, 0) is 0 Å². The lowest BCUT2D eigenvalue weighted by atomic mass is 10.1. The molecule has 0 saturated carbocycles. The highest BCUT2D eigenvalue weighted by atomic mass is 32.2. The molecule has 1 rings (SSSR count). The maximum atomic E-state index is 2.15. The monoisotopic (exact) mass is 158 g/mol. The molecule has 0 atom stereocenters. The molecular weight excluding hydrogens is 140 g/mol. The first-order valence-electron chi connectivity index (χ1n) is 4.58. The van der Waals surface area contributed by atoms with Crippen molar-refractivity contribution < 1.29 is 0 Å². The first kappa shape index (κ1) is 8.45. The number of hydrogen-bond acceptors (Lipinski definition) is 1. The molecule has 1 fully saturated rings. The van der Waals surface area contributed by atoms with Crippen LogP contribution in [0.1, 0.15) is 44.9 Å². The van der Waals surface area contributed by atoms with E-state index < -0.39 is 0 Å². The van der Waals surface area contributed by atoms with Gasteiger partial charge >= 0.3 is 0 Å². The van der Waals surface area contributed by atoms with E-state index in [1.165, 1.54) is 56.5 Å². The van der Waals surface area contributed by atoms with Crippen LogP contribution < -0.4 is 0 Å². The van der Waals surface area contributed by atoms with Crippen molar-refractivity contribution in [1.82, 2.24) is 0 Å². The fourth-order valence-electron chi connectivity index (χ4n) is 1.39. The van der Waals surface area contributed by atoms with E-state index in [9.17, 15) is 0 Å². The van der Waals surface area contributed by atoms with Gasteiger partial charge in [0, 0.05) is 0 Å². The summed E-state index contributed by atoms with van der Waals surface area (Å²) in [5, 5.41) is 0. The third-order valence-corrected chi connectivity index (χ3v) is 3.23. The summed E-state index contributed by atoms with van der Waals surface area (Å²) in [5.41, 5.74) is 0. The van der Waals surface area contributed by atoms with E-state index in [0.29, 0.717) is 0 Å². The van der Waals surface area contributed by atoms with Gasteiger partial charge in [0.1, 0.15) is 0 Å². The average Bonchev–Trinajstić information content (AvgIpc) is 2.01. The summed E-state index contributed by atoms with van der Waals surface area (Å²) in [5.74, 6) is 2.83. The van der Waals surface area contributed by atoms with Crippen LogP contribution in [0, 0.1) is 0 Å². The van der Waals surface area contributed by atoms with Crippen LogP contribution in [0.15, 0.2) is 0 Å². The molecule has 1 heteroatoms. The molecule has 0 unspecified atom stereocenters. The number of rotatable bonds is 0. The average molecular weight is 158 g/mol. The SMILES string of the molecule is C1CCCCSCCCC1. The van der Waals surface area contributed by atoms with Crippen LogP contribution in [0.3, 0.4) is 0 Å². The van der Waals surface area contributed by atoms with Crippen molar-refractivity contribution in [3.8, 4) is 0 Å². The number of thioether (sulfide) groups is 1. The van der Waals surface area contributed by atoms with E-state index in [-0.39, 0.29) is 0 Å². The molecule has 0 radical (unpaired) electrons. The summed E-state index contributed by atoms with van der Waals surface area (Å²) >= 11 is 2.15. The largest absolute Gasteiger partial charge is 0.162 e. The molecule has 10 heavy (non-hydrogen) atoms. The molecule has 0 nitrogen and oxygen atoms in total. The fraction of sp³-hybridized carbons (Fsp3) is 1.00. The quantitative estimate of drug-likeness (QED) is 0.520. The predicted octanol–water partition coefficient (Wildman–Crippen LogP) is 3.46. The van der Waals surface area contributed by atoms with Gasteiger partial charge in [0.05, 0.1) is 0 Å². The van der Waals surface area contributed by atoms with Crippen molar-refractivity contribution in [2.24, 2.45) is 0 Å². The van der Waals surface area contributed by atoms with E-state index in [4.69, 9.17) is 0 Å². The Morgan fingerprint density at radius 3 is 1.40 bits per heavy atom. The summed E-state index contributed by atoms with van der Waals surface area (Å²) < 4.78 is 0. The van der Waals surface area contributed by atoms with Crippen molar-refractivity contribution in [3.05, 3.63) is 0 Å². The zero-order valence-corrected chi connectivity index (χ0v) is 7.59. The molecule has 0 spiro atoms. The summed E-state index contributed by atoms with van der Waals surface area (Å²) in [6, 6.07) is 0. The van der Waals surface area contributed by atoms with E-state index in [2.05, 4.69) is 11.8 Å². The lowest BCUT2D eigenvalue weighted by molar-refractivity contribution is 0.600. The Balaban J connectivity index is 2.00. The molecule has 1 aliphatic rings. The standard InChI is InChI=1S/C9H18S/c1-2-4-6-8-10-9-7-5-3-1/h1-9H2. The van der Waals surface area contributed by atoms with Crippen molar-refractivity contribution in [1.29, 1.82) is 0 Å². The smallest absolute Gasteiger partial charge is 0.00675 e. The highest BCUT2D eigenvalue weighted by Gasteiger charge is 1.95. The Morgan fingerprint density at radius 1 is 0.500 bits per heavy atom. The lowest BCUT2D eigenvalue weighted by Crippen LogP contribution is -1.89. The molecular formula is C9H18S. The molecule has 0 aromatic carbocycles. The molecule has 0 aliphatic carbocycles. The molecule has 1 saturated heterocycles. The maximum absolute atomic E-state index is 2.15. The van der Waals surface area contributed by atoms with Gasteiger partial charge in [0.15, 0.2) is 0 Å². The molecule has 1 heterocycles. The van der Waals surface area contributed by atoms with Crippen LogP contribution in [0.25, 0.3) is 0 Å². The van der Waals surface area contributed by atoms with Crippen LogP contribution in [0.2, 0.25) is 0 Å². The van der Waals surface area contributed by atoms with Crippen molar-refractivity contribution in [2.75, 3.05) is 11.5 Å². The van der Waals surface area contributed by atoms with Gasteiger partial charge in [-0.2, -0.15) is 11.8 Å². The van der Waals surface area contributed by atoms with E-state index in [0.717, 1.165) is 0 Å².